The SMILES string of the molecule is N#CC(=C(O)COC(=O)c1ccccc1OCCOc1ccccc1)c1nc2ccccc2[nH]1. The molecule has 0 aliphatic rings. The zero-order valence-electron chi connectivity index (χ0n) is 18.1. The molecule has 0 radical (unpaired) electrons. The molecule has 1 aromatic heterocycles. The molecule has 3 aromatic carbocycles. The smallest absolute Gasteiger partial charge is 0.342 e. The average molecular weight is 455 g/mol. The summed E-state index contributed by atoms with van der Waals surface area (Å²) < 4.78 is 16.5. The van der Waals surface area contributed by atoms with Crippen LogP contribution in [-0.4, -0.2) is 40.9 Å². The van der Waals surface area contributed by atoms with E-state index in [-0.39, 0.29) is 23.6 Å². The number of nitrogens with one attached hydrogen (secondary N) is 1. The van der Waals surface area contributed by atoms with E-state index in [1.165, 1.54) is 0 Å². The quantitative estimate of drug-likeness (QED) is 0.163. The number of hydrogen-bond acceptors (Lipinski definition) is 7. The number of para-hydroxylation sites is 4. The molecule has 0 amide bonds. The molecule has 0 unspecified atom stereocenters. The molecule has 4 aromatic rings. The van der Waals surface area contributed by atoms with Crippen LogP contribution in [0.15, 0.2) is 84.6 Å². The second kappa shape index (κ2) is 10.7. The second-order valence-corrected chi connectivity index (χ2v) is 7.12. The highest BCUT2D eigenvalue weighted by Gasteiger charge is 2.18. The molecule has 0 fully saturated rings. The van der Waals surface area contributed by atoms with Gasteiger partial charge in [-0.25, -0.2) is 9.78 Å². The first-order valence-corrected chi connectivity index (χ1v) is 10.5. The zero-order valence-corrected chi connectivity index (χ0v) is 18.1. The fourth-order valence-electron chi connectivity index (χ4n) is 3.20. The Morgan fingerprint density at radius 2 is 1.65 bits per heavy atom. The number of fused-ring (bicyclic) bond motifs is 1. The van der Waals surface area contributed by atoms with Crippen LogP contribution in [0.5, 0.6) is 11.5 Å². The number of H-pyrrole nitrogens is 1. The number of nitriles is 1. The van der Waals surface area contributed by atoms with Crippen molar-refractivity contribution in [1.29, 1.82) is 5.26 Å². The van der Waals surface area contributed by atoms with Crippen LogP contribution in [0.2, 0.25) is 0 Å². The Kier molecular flexibility index (Phi) is 7.06. The van der Waals surface area contributed by atoms with Crippen LogP contribution in [0.25, 0.3) is 16.6 Å². The number of aliphatic hydroxyl groups excluding tert-OH is 1. The van der Waals surface area contributed by atoms with Crippen LogP contribution in [0.3, 0.4) is 0 Å². The highest BCUT2D eigenvalue weighted by Crippen LogP contribution is 2.21. The van der Waals surface area contributed by atoms with Crippen molar-refractivity contribution in [3.8, 4) is 17.6 Å². The minimum Gasteiger partial charge on any atom is -0.507 e. The van der Waals surface area contributed by atoms with Gasteiger partial charge in [0.05, 0.1) is 11.0 Å². The van der Waals surface area contributed by atoms with E-state index in [2.05, 4.69) is 9.97 Å². The third-order valence-electron chi connectivity index (χ3n) is 4.83. The minimum absolute atomic E-state index is 0.105. The van der Waals surface area contributed by atoms with Crippen molar-refractivity contribution in [1.82, 2.24) is 9.97 Å². The highest BCUT2D eigenvalue weighted by molar-refractivity contribution is 5.92. The van der Waals surface area contributed by atoms with E-state index in [0.717, 1.165) is 11.3 Å². The summed E-state index contributed by atoms with van der Waals surface area (Å²) in [6.45, 7) is 0.0130. The molecule has 0 aliphatic carbocycles. The normalized spacial score (nSPS) is 11.4. The standard InChI is InChI=1S/C26H21N3O5/c27-16-20(25-28-21-11-5-6-12-22(21)29-25)23(30)17-34-26(31)19-10-4-7-13-24(19)33-15-14-32-18-8-2-1-3-9-18/h1-13,30H,14-15,17H2,(H,28,29). The summed E-state index contributed by atoms with van der Waals surface area (Å²) in [5, 5.41) is 19.9. The third kappa shape index (κ3) is 5.34. The first-order valence-electron chi connectivity index (χ1n) is 10.5. The Morgan fingerprint density at radius 1 is 0.941 bits per heavy atom. The fourth-order valence-corrected chi connectivity index (χ4v) is 3.20. The van der Waals surface area contributed by atoms with Gasteiger partial charge in [0.2, 0.25) is 0 Å². The van der Waals surface area contributed by atoms with Gasteiger partial charge in [0.25, 0.3) is 0 Å². The summed E-state index contributed by atoms with van der Waals surface area (Å²) in [5.41, 5.74) is 1.46. The largest absolute Gasteiger partial charge is 0.507 e. The predicted molar refractivity (Wildman–Crippen MR) is 125 cm³/mol. The lowest BCUT2D eigenvalue weighted by atomic mass is 10.2. The van der Waals surface area contributed by atoms with Gasteiger partial charge in [-0.2, -0.15) is 5.26 Å². The average Bonchev–Trinajstić information content (AvgIpc) is 3.30. The summed E-state index contributed by atoms with van der Waals surface area (Å²) in [6, 6.07) is 25.1. The number of hydrogen-bond donors (Lipinski definition) is 2. The summed E-state index contributed by atoms with van der Waals surface area (Å²) in [6.07, 6.45) is 0. The number of carbonyl (C=O) groups is 1. The number of nitrogens with zero attached hydrogens (tertiary/aromatic N) is 2. The molecule has 34 heavy (non-hydrogen) atoms. The van der Waals surface area contributed by atoms with Gasteiger partial charge in [0.1, 0.15) is 48.5 Å². The molecule has 1 heterocycles. The van der Waals surface area contributed by atoms with E-state index >= 15 is 0 Å². The molecule has 0 saturated heterocycles. The van der Waals surface area contributed by atoms with Gasteiger partial charge >= 0.3 is 5.97 Å². The van der Waals surface area contributed by atoms with E-state index in [1.54, 1.807) is 36.4 Å². The van der Waals surface area contributed by atoms with E-state index in [1.807, 2.05) is 48.5 Å². The molecular formula is C26H21N3O5. The number of rotatable bonds is 9. The number of aromatic amines is 1. The number of aliphatic hydroxyl groups is 1. The highest BCUT2D eigenvalue weighted by atomic mass is 16.5. The van der Waals surface area contributed by atoms with Gasteiger partial charge in [-0.3, -0.25) is 0 Å². The van der Waals surface area contributed by atoms with Crippen molar-refractivity contribution < 1.29 is 24.1 Å². The van der Waals surface area contributed by atoms with Crippen molar-refractivity contribution in [2.45, 2.75) is 0 Å². The molecule has 4 rings (SSSR count). The Hall–Kier alpha value is -4.77. The van der Waals surface area contributed by atoms with E-state index in [9.17, 15) is 15.2 Å². The summed E-state index contributed by atoms with van der Waals surface area (Å²) >= 11 is 0. The Balaban J connectivity index is 1.38. The maximum Gasteiger partial charge on any atom is 0.342 e. The molecule has 0 bridgehead atoms. The summed E-state index contributed by atoms with van der Waals surface area (Å²) in [4.78, 5) is 19.9. The fraction of sp³-hybridized carbons (Fsp3) is 0.115. The van der Waals surface area contributed by atoms with Gasteiger partial charge in [-0.15, -0.1) is 0 Å². The lowest BCUT2D eigenvalue weighted by Crippen LogP contribution is -2.13. The predicted octanol–water partition coefficient (Wildman–Crippen LogP) is 4.67. The van der Waals surface area contributed by atoms with Gasteiger partial charge < -0.3 is 24.3 Å². The Morgan fingerprint density at radius 3 is 2.44 bits per heavy atom. The molecule has 170 valence electrons. The van der Waals surface area contributed by atoms with Crippen LogP contribution >= 0.6 is 0 Å². The first-order chi connectivity index (χ1) is 16.7. The van der Waals surface area contributed by atoms with Gasteiger partial charge in [-0.05, 0) is 36.4 Å². The molecular weight excluding hydrogens is 434 g/mol. The van der Waals surface area contributed by atoms with Crippen molar-refractivity contribution in [2.24, 2.45) is 0 Å². The van der Waals surface area contributed by atoms with Crippen LogP contribution < -0.4 is 9.47 Å². The minimum atomic E-state index is -0.701. The molecule has 0 aliphatic heterocycles. The van der Waals surface area contributed by atoms with E-state index < -0.39 is 18.3 Å². The molecule has 0 spiro atoms. The van der Waals surface area contributed by atoms with E-state index in [0.29, 0.717) is 17.9 Å². The number of carbonyl (C=O) groups excluding carboxylic acids is 1. The number of aromatic nitrogens is 2. The lowest BCUT2D eigenvalue weighted by molar-refractivity contribution is 0.0497. The van der Waals surface area contributed by atoms with Crippen molar-refractivity contribution in [3.05, 3.63) is 96.0 Å². The summed E-state index contributed by atoms with van der Waals surface area (Å²) in [5.74, 6) is 0.126. The van der Waals surface area contributed by atoms with Crippen LogP contribution in [0.1, 0.15) is 16.2 Å². The Labute approximate surface area is 195 Å². The maximum atomic E-state index is 12.6. The second-order valence-electron chi connectivity index (χ2n) is 7.12. The Bertz CT molecular complexity index is 1320. The molecule has 0 atom stereocenters. The lowest BCUT2D eigenvalue weighted by Gasteiger charge is -2.12. The number of ether oxygens (including phenoxy) is 3. The van der Waals surface area contributed by atoms with E-state index in [4.69, 9.17) is 14.2 Å². The van der Waals surface area contributed by atoms with Gasteiger partial charge in [0.15, 0.2) is 11.6 Å². The molecule has 2 N–H and O–H groups in total. The van der Waals surface area contributed by atoms with Gasteiger partial charge in [0, 0.05) is 0 Å². The molecule has 8 heteroatoms. The van der Waals surface area contributed by atoms with Crippen molar-refractivity contribution >= 4 is 22.6 Å². The van der Waals surface area contributed by atoms with Crippen LogP contribution in [0.4, 0.5) is 0 Å². The third-order valence-corrected chi connectivity index (χ3v) is 4.83. The number of allylic oxidation sites excluding steroid dienone is 1. The molecule has 8 nitrogen and oxygen atoms in total. The van der Waals surface area contributed by atoms with Crippen molar-refractivity contribution in [2.75, 3.05) is 19.8 Å². The molecule has 0 saturated carbocycles. The number of imidazole rings is 1. The van der Waals surface area contributed by atoms with Gasteiger partial charge in [-0.1, -0.05) is 42.5 Å². The topological polar surface area (TPSA) is 117 Å². The number of benzene rings is 3. The summed E-state index contributed by atoms with van der Waals surface area (Å²) in [7, 11) is 0. The zero-order chi connectivity index (χ0) is 23.8. The van der Waals surface area contributed by atoms with Crippen molar-refractivity contribution in [3.63, 3.8) is 0 Å². The monoisotopic (exact) mass is 455 g/mol. The first kappa shape index (κ1) is 22.4. The maximum absolute atomic E-state index is 12.6. The van der Waals surface area contributed by atoms with Crippen LogP contribution in [-0.2, 0) is 4.74 Å². The van der Waals surface area contributed by atoms with Crippen LogP contribution in [0, 0.1) is 11.3 Å². The number of esters is 1.